The minimum atomic E-state index is -1.32. The van der Waals surface area contributed by atoms with Crippen LogP contribution in [0.1, 0.15) is 61.3 Å². The first-order valence-corrected chi connectivity index (χ1v) is 11.9. The molecule has 19 heavy (non-hydrogen) atoms. The molecule has 0 saturated carbocycles. The Bertz CT molecular complexity index is 309. The SMILES string of the molecule is CCCC(NC(C)C(C)=C(C)[SiH3])[Si](C)(C)C(C)(C)C. The van der Waals surface area contributed by atoms with Gasteiger partial charge in [-0.15, -0.1) is 0 Å². The van der Waals surface area contributed by atoms with E-state index in [-0.39, 0.29) is 0 Å². The van der Waals surface area contributed by atoms with Gasteiger partial charge in [0.05, 0.1) is 8.07 Å². The van der Waals surface area contributed by atoms with E-state index in [1.165, 1.54) is 23.1 Å². The van der Waals surface area contributed by atoms with E-state index in [0.717, 1.165) is 0 Å². The van der Waals surface area contributed by atoms with Gasteiger partial charge >= 0.3 is 0 Å². The van der Waals surface area contributed by atoms with E-state index in [1.54, 1.807) is 10.8 Å². The lowest BCUT2D eigenvalue weighted by Gasteiger charge is -2.45. The number of hydrogen-bond acceptors (Lipinski definition) is 1. The molecule has 0 aliphatic carbocycles. The highest BCUT2D eigenvalue weighted by molar-refractivity contribution is 6.81. The Labute approximate surface area is 126 Å². The second-order valence-corrected chi connectivity index (χ2v) is 15.0. The molecule has 0 rings (SSSR count). The quantitative estimate of drug-likeness (QED) is 0.735. The van der Waals surface area contributed by atoms with Gasteiger partial charge in [0, 0.05) is 21.9 Å². The van der Waals surface area contributed by atoms with Gasteiger partial charge in [-0.3, -0.25) is 0 Å². The average Bonchev–Trinajstić information content (AvgIpc) is 2.25. The number of nitrogens with one attached hydrogen (secondary N) is 1. The molecule has 1 N–H and O–H groups in total. The molecule has 2 unspecified atom stereocenters. The number of allylic oxidation sites excluding steroid dienone is 1. The topological polar surface area (TPSA) is 12.0 Å². The maximum Gasteiger partial charge on any atom is 0.0718 e. The van der Waals surface area contributed by atoms with Crippen molar-refractivity contribution < 1.29 is 0 Å². The van der Waals surface area contributed by atoms with Crippen LogP contribution in [0.15, 0.2) is 10.8 Å². The lowest BCUT2D eigenvalue weighted by atomic mass is 10.1. The van der Waals surface area contributed by atoms with Crippen LogP contribution < -0.4 is 5.32 Å². The fourth-order valence-corrected chi connectivity index (χ4v) is 5.48. The monoisotopic (exact) mass is 299 g/mol. The van der Waals surface area contributed by atoms with Crippen LogP contribution in [0.2, 0.25) is 18.1 Å². The Hall–Kier alpha value is 0.134. The summed E-state index contributed by atoms with van der Waals surface area (Å²) in [6.45, 7) is 21.6. The second kappa shape index (κ2) is 7.23. The zero-order valence-corrected chi connectivity index (χ0v) is 18.1. The highest BCUT2D eigenvalue weighted by Crippen LogP contribution is 2.39. The minimum Gasteiger partial charge on any atom is -0.310 e. The standard InChI is InChI=1S/C16H37NSi2/c1-10-11-15(19(8,9)16(5,6)7)17-13(3)12(2)14(4)18/h13,15,17H,10-11H2,1-9,18H3. The van der Waals surface area contributed by atoms with E-state index in [9.17, 15) is 0 Å². The normalized spacial score (nSPS) is 18.2. The average molecular weight is 300 g/mol. The van der Waals surface area contributed by atoms with Crippen LogP contribution in [-0.2, 0) is 0 Å². The van der Waals surface area contributed by atoms with Crippen molar-refractivity contribution >= 4 is 18.3 Å². The summed E-state index contributed by atoms with van der Waals surface area (Å²) in [4.78, 5) is 0. The predicted octanol–water partition coefficient (Wildman–Crippen LogP) is 3.84. The molecule has 0 amide bonds. The van der Waals surface area contributed by atoms with Gasteiger partial charge in [0.1, 0.15) is 0 Å². The van der Waals surface area contributed by atoms with Crippen molar-refractivity contribution in [2.45, 2.75) is 91.1 Å². The van der Waals surface area contributed by atoms with Gasteiger partial charge in [0.25, 0.3) is 0 Å². The maximum atomic E-state index is 3.97. The zero-order valence-electron chi connectivity index (χ0n) is 15.1. The third-order valence-electron chi connectivity index (χ3n) is 5.27. The Kier molecular flexibility index (Phi) is 7.28. The fourth-order valence-electron chi connectivity index (χ4n) is 2.32. The Morgan fingerprint density at radius 3 is 2.00 bits per heavy atom. The van der Waals surface area contributed by atoms with Gasteiger partial charge in [-0.2, -0.15) is 0 Å². The van der Waals surface area contributed by atoms with Crippen molar-refractivity contribution in [3.63, 3.8) is 0 Å². The lowest BCUT2D eigenvalue weighted by Crippen LogP contribution is -2.58. The molecule has 0 saturated heterocycles. The van der Waals surface area contributed by atoms with Crippen molar-refractivity contribution in [1.29, 1.82) is 0 Å². The van der Waals surface area contributed by atoms with Gasteiger partial charge < -0.3 is 5.32 Å². The van der Waals surface area contributed by atoms with Crippen LogP contribution in [0, 0.1) is 0 Å². The molecular formula is C16H37NSi2. The molecule has 0 aromatic rings. The second-order valence-electron chi connectivity index (χ2n) is 7.88. The Balaban J connectivity index is 5.10. The van der Waals surface area contributed by atoms with Gasteiger partial charge in [0.15, 0.2) is 0 Å². The maximum absolute atomic E-state index is 3.97. The zero-order chi connectivity index (χ0) is 15.4. The molecule has 3 heteroatoms. The largest absolute Gasteiger partial charge is 0.310 e. The molecule has 0 aromatic heterocycles. The van der Waals surface area contributed by atoms with E-state index in [1.807, 2.05) is 0 Å². The van der Waals surface area contributed by atoms with Crippen molar-refractivity contribution in [2.75, 3.05) is 0 Å². The van der Waals surface area contributed by atoms with Crippen molar-refractivity contribution in [3.8, 4) is 0 Å². The van der Waals surface area contributed by atoms with E-state index in [4.69, 9.17) is 0 Å². The lowest BCUT2D eigenvalue weighted by molar-refractivity contribution is 0.507. The molecule has 0 aromatic carbocycles. The van der Waals surface area contributed by atoms with Crippen LogP contribution in [-0.4, -0.2) is 30.0 Å². The van der Waals surface area contributed by atoms with Crippen molar-refractivity contribution in [1.82, 2.24) is 5.32 Å². The first-order valence-electron chi connectivity index (χ1n) is 7.85. The van der Waals surface area contributed by atoms with Crippen LogP contribution >= 0.6 is 0 Å². The third kappa shape index (κ3) is 5.20. The molecule has 0 aliphatic rings. The third-order valence-corrected chi connectivity index (χ3v) is 12.1. The molecule has 0 bridgehead atoms. The number of hydrogen-bond donors (Lipinski definition) is 1. The molecule has 0 radical (unpaired) electrons. The molecule has 0 spiro atoms. The van der Waals surface area contributed by atoms with E-state index in [2.05, 4.69) is 66.9 Å². The first-order chi connectivity index (χ1) is 8.45. The molecular weight excluding hydrogens is 262 g/mol. The summed E-state index contributed by atoms with van der Waals surface area (Å²) >= 11 is 0. The number of rotatable bonds is 6. The van der Waals surface area contributed by atoms with Gasteiger partial charge in [-0.25, -0.2) is 0 Å². The summed E-state index contributed by atoms with van der Waals surface area (Å²) in [7, 11) is -0.136. The summed E-state index contributed by atoms with van der Waals surface area (Å²) in [6.07, 6.45) is 2.59. The summed E-state index contributed by atoms with van der Waals surface area (Å²) in [6, 6.07) is 0.531. The van der Waals surface area contributed by atoms with Gasteiger partial charge in [-0.1, -0.05) is 58.0 Å². The minimum absolute atomic E-state index is 0.452. The Morgan fingerprint density at radius 1 is 1.21 bits per heavy atom. The highest BCUT2D eigenvalue weighted by atomic mass is 28.3. The molecule has 2 atom stereocenters. The molecule has 0 fully saturated rings. The van der Waals surface area contributed by atoms with Crippen molar-refractivity contribution in [3.05, 3.63) is 10.8 Å². The van der Waals surface area contributed by atoms with Crippen LogP contribution in [0.3, 0.4) is 0 Å². The smallest absolute Gasteiger partial charge is 0.0718 e. The fraction of sp³-hybridized carbons (Fsp3) is 0.875. The molecule has 0 aliphatic heterocycles. The predicted molar refractivity (Wildman–Crippen MR) is 96.8 cm³/mol. The van der Waals surface area contributed by atoms with Gasteiger partial charge in [0.2, 0.25) is 0 Å². The van der Waals surface area contributed by atoms with Gasteiger partial charge in [-0.05, 0) is 32.2 Å². The molecule has 0 heterocycles. The van der Waals surface area contributed by atoms with E-state index in [0.29, 0.717) is 16.7 Å². The van der Waals surface area contributed by atoms with Crippen LogP contribution in [0.4, 0.5) is 0 Å². The Morgan fingerprint density at radius 2 is 1.68 bits per heavy atom. The van der Waals surface area contributed by atoms with Crippen LogP contribution in [0.25, 0.3) is 0 Å². The van der Waals surface area contributed by atoms with E-state index < -0.39 is 8.07 Å². The first kappa shape index (κ1) is 19.1. The van der Waals surface area contributed by atoms with Crippen molar-refractivity contribution in [2.24, 2.45) is 0 Å². The van der Waals surface area contributed by atoms with E-state index >= 15 is 0 Å². The molecule has 1 nitrogen and oxygen atoms in total. The van der Waals surface area contributed by atoms with Crippen LogP contribution in [0.5, 0.6) is 0 Å². The summed E-state index contributed by atoms with van der Waals surface area (Å²) in [5.41, 5.74) is 2.27. The summed E-state index contributed by atoms with van der Waals surface area (Å²) in [5, 5.41) is 6.01. The highest BCUT2D eigenvalue weighted by Gasteiger charge is 2.41. The summed E-state index contributed by atoms with van der Waals surface area (Å²) < 4.78 is 0. The molecule has 114 valence electrons. The summed E-state index contributed by atoms with van der Waals surface area (Å²) in [5.74, 6) is 0.